The summed E-state index contributed by atoms with van der Waals surface area (Å²) in [4.78, 5) is 5.24. The van der Waals surface area contributed by atoms with Gasteiger partial charge in [0.25, 0.3) is 0 Å². The molecule has 0 spiro atoms. The van der Waals surface area contributed by atoms with Crippen molar-refractivity contribution >= 4 is 22.7 Å². The highest BCUT2D eigenvalue weighted by molar-refractivity contribution is 5.84. The summed E-state index contributed by atoms with van der Waals surface area (Å²) in [5.41, 5.74) is 17.1. The van der Waals surface area contributed by atoms with Gasteiger partial charge in [-0.05, 0) is 150 Å². The molecule has 68 heavy (non-hydrogen) atoms. The number of unbranched alkanes of at least 4 members (excludes halogenated alkanes) is 6. The third kappa shape index (κ3) is 9.58. The van der Waals surface area contributed by atoms with Crippen molar-refractivity contribution in [3.05, 3.63) is 193 Å². The minimum Gasteiger partial charge on any atom is -0.336 e. The minimum absolute atomic E-state index is 0.0510. The Labute approximate surface area is 411 Å². The maximum absolute atomic E-state index is 2.68. The van der Waals surface area contributed by atoms with Crippen molar-refractivity contribution in [3.8, 4) is 33.4 Å². The maximum Gasteiger partial charge on any atom is 0.0697 e. The molecule has 0 saturated carbocycles. The van der Waals surface area contributed by atoms with E-state index >= 15 is 0 Å². The lowest BCUT2D eigenvalue weighted by Crippen LogP contribution is -2.42. The molecule has 0 amide bonds. The number of para-hydroxylation sites is 2. The average molecular weight is 899 g/mol. The molecule has 0 saturated heterocycles. The monoisotopic (exact) mass is 899 g/mol. The Morgan fingerprint density at radius 1 is 0.368 bits per heavy atom. The highest BCUT2D eigenvalue weighted by Gasteiger charge is 2.43. The highest BCUT2D eigenvalue weighted by atomic mass is 15.2. The van der Waals surface area contributed by atoms with Crippen LogP contribution in [0.25, 0.3) is 33.4 Å². The van der Waals surface area contributed by atoms with E-state index in [1.54, 1.807) is 11.1 Å². The molecule has 0 bridgehead atoms. The van der Waals surface area contributed by atoms with Crippen LogP contribution in [0.1, 0.15) is 155 Å². The number of anilines is 4. The lowest BCUT2D eigenvalue weighted by Gasteiger charge is -2.45. The molecule has 2 nitrogen and oxygen atoms in total. The van der Waals surface area contributed by atoms with E-state index in [2.05, 4.69) is 234 Å². The van der Waals surface area contributed by atoms with Crippen molar-refractivity contribution in [3.63, 3.8) is 0 Å². The first-order valence-electron chi connectivity index (χ1n) is 26.6. The first kappa shape index (κ1) is 48.6. The van der Waals surface area contributed by atoms with Crippen LogP contribution in [-0.4, -0.2) is 5.54 Å². The maximum atomic E-state index is 2.68. The molecule has 0 aromatic heterocycles. The van der Waals surface area contributed by atoms with E-state index in [4.69, 9.17) is 0 Å². The summed E-state index contributed by atoms with van der Waals surface area (Å²) >= 11 is 0. The molecule has 0 heterocycles. The van der Waals surface area contributed by atoms with Gasteiger partial charge in [-0.2, -0.15) is 0 Å². The lowest BCUT2D eigenvalue weighted by atomic mass is 9.70. The molecule has 0 N–H and O–H groups in total. The second-order valence-corrected chi connectivity index (χ2v) is 20.0. The van der Waals surface area contributed by atoms with Crippen LogP contribution in [0.5, 0.6) is 0 Å². The first-order valence-corrected chi connectivity index (χ1v) is 26.6. The second kappa shape index (κ2) is 22.1. The summed E-state index contributed by atoms with van der Waals surface area (Å²) < 4.78 is 0. The van der Waals surface area contributed by atoms with E-state index in [1.807, 2.05) is 0 Å². The third-order valence-electron chi connectivity index (χ3n) is 16.2. The van der Waals surface area contributed by atoms with Crippen molar-refractivity contribution in [1.82, 2.24) is 0 Å². The van der Waals surface area contributed by atoms with Gasteiger partial charge >= 0.3 is 0 Å². The van der Waals surface area contributed by atoms with Crippen LogP contribution < -0.4 is 9.80 Å². The Hall–Kier alpha value is -5.86. The molecule has 1 aliphatic carbocycles. The van der Waals surface area contributed by atoms with Crippen LogP contribution in [-0.2, 0) is 11.0 Å². The van der Waals surface area contributed by atoms with Crippen molar-refractivity contribution in [2.75, 3.05) is 9.80 Å². The largest absolute Gasteiger partial charge is 0.336 e. The number of hydrogen-bond acceptors (Lipinski definition) is 2. The molecule has 0 aliphatic heterocycles. The van der Waals surface area contributed by atoms with Crippen LogP contribution in [0.3, 0.4) is 0 Å². The molecular formula is C66H78N2. The summed E-state index contributed by atoms with van der Waals surface area (Å²) in [6.45, 7) is 16.5. The smallest absolute Gasteiger partial charge is 0.0697 e. The van der Waals surface area contributed by atoms with Gasteiger partial charge in [0, 0.05) is 33.7 Å². The zero-order valence-electron chi connectivity index (χ0n) is 42.5. The van der Waals surface area contributed by atoms with E-state index < -0.39 is 0 Å². The van der Waals surface area contributed by atoms with Crippen molar-refractivity contribution in [1.29, 1.82) is 0 Å². The Morgan fingerprint density at radius 2 is 0.853 bits per heavy atom. The molecule has 1 aliphatic rings. The van der Waals surface area contributed by atoms with E-state index in [9.17, 15) is 0 Å². The van der Waals surface area contributed by atoms with Crippen molar-refractivity contribution in [2.24, 2.45) is 0 Å². The number of benzene rings is 7. The van der Waals surface area contributed by atoms with Gasteiger partial charge in [0.1, 0.15) is 0 Å². The molecule has 7 aromatic rings. The zero-order valence-corrected chi connectivity index (χ0v) is 42.5. The van der Waals surface area contributed by atoms with Crippen LogP contribution >= 0.6 is 0 Å². The number of fused-ring (bicyclic) bond motifs is 3. The summed E-state index contributed by atoms with van der Waals surface area (Å²) in [6.07, 6.45) is 16.8. The van der Waals surface area contributed by atoms with E-state index in [-0.39, 0.29) is 16.5 Å². The third-order valence-corrected chi connectivity index (χ3v) is 16.2. The second-order valence-electron chi connectivity index (χ2n) is 20.0. The molecule has 0 atom stereocenters. The van der Waals surface area contributed by atoms with Crippen LogP contribution in [0, 0.1) is 0 Å². The van der Waals surface area contributed by atoms with Crippen molar-refractivity contribution < 1.29 is 0 Å². The van der Waals surface area contributed by atoms with Gasteiger partial charge in [0.2, 0.25) is 0 Å². The molecule has 8 rings (SSSR count). The van der Waals surface area contributed by atoms with Gasteiger partial charge in [-0.3, -0.25) is 0 Å². The summed E-state index contributed by atoms with van der Waals surface area (Å²) in [5, 5.41) is 0. The molecular weight excluding hydrogens is 821 g/mol. The Bertz CT molecular complexity index is 2600. The molecule has 7 aromatic carbocycles. The number of rotatable bonds is 23. The molecule has 0 radical (unpaired) electrons. The fourth-order valence-corrected chi connectivity index (χ4v) is 11.8. The predicted molar refractivity (Wildman–Crippen MR) is 296 cm³/mol. The number of nitrogens with zero attached hydrogens (tertiary/aromatic N) is 2. The Balaban J connectivity index is 1.11. The minimum atomic E-state index is -0.208. The van der Waals surface area contributed by atoms with Gasteiger partial charge in [-0.1, -0.05) is 214 Å². The first-order chi connectivity index (χ1) is 33.3. The van der Waals surface area contributed by atoms with Crippen molar-refractivity contribution in [2.45, 2.75) is 155 Å². The van der Waals surface area contributed by atoms with E-state index in [0.29, 0.717) is 0 Å². The lowest BCUT2D eigenvalue weighted by molar-refractivity contribution is 0.400. The van der Waals surface area contributed by atoms with E-state index in [1.165, 1.54) is 126 Å². The van der Waals surface area contributed by atoms with Gasteiger partial charge in [-0.25, -0.2) is 0 Å². The number of hydrogen-bond donors (Lipinski definition) is 0. The zero-order chi connectivity index (χ0) is 47.6. The van der Waals surface area contributed by atoms with Crippen LogP contribution in [0.4, 0.5) is 22.7 Å². The SMILES string of the molecule is CCCCCCC1(CCCCCC)c2ccccc2-c2ccc(N(c3ccc(-c4cccc(-c5ccc(C(CC)(CC)N(c6ccccc6)c6ccccc6)cc5)c4)cc3)C(C)(CC)CC)cc21. The van der Waals surface area contributed by atoms with E-state index in [0.717, 1.165) is 25.7 Å². The fourth-order valence-electron chi connectivity index (χ4n) is 11.8. The Kier molecular flexibility index (Phi) is 15.8. The molecule has 352 valence electrons. The molecule has 0 unspecified atom stereocenters. The quantitative estimate of drug-likeness (QED) is 0.0590. The summed E-state index contributed by atoms with van der Waals surface area (Å²) in [7, 11) is 0. The summed E-state index contributed by atoms with van der Waals surface area (Å²) in [5.74, 6) is 0. The summed E-state index contributed by atoms with van der Waals surface area (Å²) in [6, 6.07) is 66.7. The van der Waals surface area contributed by atoms with Gasteiger partial charge in [-0.15, -0.1) is 0 Å². The van der Waals surface area contributed by atoms with Crippen LogP contribution in [0.2, 0.25) is 0 Å². The highest BCUT2D eigenvalue weighted by Crippen LogP contribution is 2.56. The normalized spacial score (nSPS) is 13.0. The van der Waals surface area contributed by atoms with Gasteiger partial charge in [0.15, 0.2) is 0 Å². The van der Waals surface area contributed by atoms with Gasteiger partial charge in [0.05, 0.1) is 5.54 Å². The predicted octanol–water partition coefficient (Wildman–Crippen LogP) is 19.8. The Morgan fingerprint density at radius 3 is 1.38 bits per heavy atom. The average Bonchev–Trinajstić information content (AvgIpc) is 3.67. The molecule has 0 fully saturated rings. The van der Waals surface area contributed by atoms with Crippen LogP contribution in [0.15, 0.2) is 176 Å². The fraction of sp³-hybridized carbons (Fsp3) is 0.364. The topological polar surface area (TPSA) is 6.48 Å². The van der Waals surface area contributed by atoms with Gasteiger partial charge < -0.3 is 9.80 Å². The standard InChI is InChI=1S/C66H78N2/c1-8-14-16-26-47-65(48-27-17-15-9-2)62-36-25-24-35-60(62)61-46-45-59(50-63(61)65)67(64(7,10-3)11-4)58-43-39-52(40-44-58)54-30-28-29-53(49-54)51-37-41-55(42-38-51)66(12-5,13-6)68(56-31-20-18-21-32-56)57-33-22-19-23-34-57/h18-25,28-46,49-50H,8-17,26-27,47-48H2,1-7H3. The molecule has 2 heteroatoms.